The Morgan fingerprint density at radius 1 is 1.45 bits per heavy atom. The first-order valence-electron chi connectivity index (χ1n) is 6.34. The molecule has 7 heteroatoms. The molecule has 0 aliphatic carbocycles. The van der Waals surface area contributed by atoms with E-state index in [9.17, 15) is 9.59 Å². The Morgan fingerprint density at radius 3 is 2.95 bits per heavy atom. The van der Waals surface area contributed by atoms with Gasteiger partial charge in [0.2, 0.25) is 0 Å². The minimum Gasteiger partial charge on any atom is -0.394 e. The maximum atomic E-state index is 11.9. The van der Waals surface area contributed by atoms with E-state index in [0.29, 0.717) is 18.4 Å². The highest BCUT2D eigenvalue weighted by Gasteiger charge is 2.27. The van der Waals surface area contributed by atoms with Crippen LogP contribution in [0.25, 0.3) is 10.4 Å². The van der Waals surface area contributed by atoms with Gasteiger partial charge in [0, 0.05) is 11.1 Å². The molecule has 0 amide bonds. The predicted molar refractivity (Wildman–Crippen MR) is 74.9 cm³/mol. The molecular weight excluding hydrogens is 280 g/mol. The second kappa shape index (κ2) is 5.35. The summed E-state index contributed by atoms with van der Waals surface area (Å²) in [5, 5.41) is 11.0. The molecule has 106 valence electrons. The van der Waals surface area contributed by atoms with E-state index < -0.39 is 17.5 Å². The van der Waals surface area contributed by atoms with Crippen LogP contribution in [0.3, 0.4) is 0 Å². The molecule has 3 rings (SSSR count). The van der Waals surface area contributed by atoms with E-state index in [4.69, 9.17) is 9.84 Å². The van der Waals surface area contributed by atoms with Crippen molar-refractivity contribution in [2.45, 2.75) is 25.2 Å². The maximum absolute atomic E-state index is 11.9. The summed E-state index contributed by atoms with van der Waals surface area (Å²) in [7, 11) is 0. The second-order valence-corrected chi connectivity index (χ2v) is 5.61. The van der Waals surface area contributed by atoms with Gasteiger partial charge in [-0.25, -0.2) is 4.79 Å². The summed E-state index contributed by atoms with van der Waals surface area (Å²) < 4.78 is 6.98. The average Bonchev–Trinajstić information content (AvgIpc) is 3.09. The van der Waals surface area contributed by atoms with Crippen LogP contribution in [-0.4, -0.2) is 27.4 Å². The lowest BCUT2D eigenvalue weighted by Crippen LogP contribution is -2.33. The smallest absolute Gasteiger partial charge is 0.330 e. The Morgan fingerprint density at radius 2 is 2.30 bits per heavy atom. The zero-order chi connectivity index (χ0) is 14.1. The minimum atomic E-state index is -0.487. The first-order valence-corrected chi connectivity index (χ1v) is 7.22. The molecule has 2 aromatic rings. The number of aliphatic hydroxyl groups excluding tert-OH is 1. The van der Waals surface area contributed by atoms with Crippen LogP contribution in [-0.2, 0) is 4.74 Å². The molecule has 1 aliphatic heterocycles. The van der Waals surface area contributed by atoms with Gasteiger partial charge in [0.05, 0.1) is 18.3 Å². The molecule has 2 atom stereocenters. The number of hydrogen-bond acceptors (Lipinski definition) is 5. The Hall–Kier alpha value is -1.70. The molecule has 20 heavy (non-hydrogen) atoms. The van der Waals surface area contributed by atoms with Crippen molar-refractivity contribution in [3.8, 4) is 10.4 Å². The van der Waals surface area contributed by atoms with Crippen molar-refractivity contribution in [1.29, 1.82) is 0 Å². The molecule has 0 unspecified atom stereocenters. The van der Waals surface area contributed by atoms with E-state index in [1.165, 1.54) is 22.1 Å². The predicted octanol–water partition coefficient (Wildman–Crippen LogP) is 0.935. The standard InChI is InChI=1S/C13H14N2O4S/c16-7-8-3-4-11(19-8)15-6-9(10-2-1-5-20-10)12(17)14-13(15)18/h1-2,5-6,8,11,16H,3-4,7H2,(H,14,17,18)/t8-,11+/m1/s1. The third kappa shape index (κ3) is 2.35. The molecule has 0 aromatic carbocycles. The highest BCUT2D eigenvalue weighted by molar-refractivity contribution is 7.13. The van der Waals surface area contributed by atoms with E-state index in [0.717, 1.165) is 4.88 Å². The second-order valence-electron chi connectivity index (χ2n) is 4.66. The molecule has 0 radical (unpaired) electrons. The first-order chi connectivity index (χ1) is 9.69. The van der Waals surface area contributed by atoms with Crippen molar-refractivity contribution in [3.63, 3.8) is 0 Å². The number of ether oxygens (including phenoxy) is 1. The molecular formula is C13H14N2O4S. The molecule has 2 aromatic heterocycles. The van der Waals surface area contributed by atoms with Gasteiger partial charge in [-0.3, -0.25) is 14.3 Å². The fourth-order valence-electron chi connectivity index (χ4n) is 2.33. The third-order valence-corrected chi connectivity index (χ3v) is 4.26. The number of thiophene rings is 1. The van der Waals surface area contributed by atoms with Crippen LogP contribution < -0.4 is 11.2 Å². The third-order valence-electron chi connectivity index (χ3n) is 3.35. The van der Waals surface area contributed by atoms with Crippen LogP contribution in [0.15, 0.2) is 33.3 Å². The molecule has 0 saturated carbocycles. The molecule has 0 bridgehead atoms. The van der Waals surface area contributed by atoms with Crippen LogP contribution in [0.4, 0.5) is 0 Å². The molecule has 3 heterocycles. The zero-order valence-electron chi connectivity index (χ0n) is 10.6. The van der Waals surface area contributed by atoms with E-state index in [2.05, 4.69) is 4.98 Å². The van der Waals surface area contributed by atoms with Crippen LogP contribution in [0.5, 0.6) is 0 Å². The molecule has 1 fully saturated rings. The summed E-state index contributed by atoms with van der Waals surface area (Å²) in [4.78, 5) is 26.9. The van der Waals surface area contributed by atoms with Gasteiger partial charge in [0.1, 0.15) is 6.23 Å². The number of nitrogens with one attached hydrogen (secondary N) is 1. The summed E-state index contributed by atoms with van der Waals surface area (Å²) in [5.74, 6) is 0. The van der Waals surface area contributed by atoms with Crippen molar-refractivity contribution in [1.82, 2.24) is 9.55 Å². The number of aromatic amines is 1. The van der Waals surface area contributed by atoms with Gasteiger partial charge in [-0.1, -0.05) is 6.07 Å². The Kier molecular flexibility index (Phi) is 3.56. The lowest BCUT2D eigenvalue weighted by molar-refractivity contribution is -0.0245. The summed E-state index contributed by atoms with van der Waals surface area (Å²) in [6, 6.07) is 3.68. The van der Waals surface area contributed by atoms with Crippen LogP contribution >= 0.6 is 11.3 Å². The monoisotopic (exact) mass is 294 g/mol. The van der Waals surface area contributed by atoms with E-state index in [1.54, 1.807) is 0 Å². The number of nitrogens with zero attached hydrogens (tertiary/aromatic N) is 1. The van der Waals surface area contributed by atoms with Crippen LogP contribution in [0, 0.1) is 0 Å². The molecule has 1 saturated heterocycles. The van der Waals surface area contributed by atoms with Crippen molar-refractivity contribution in [2.75, 3.05) is 6.61 Å². The van der Waals surface area contributed by atoms with Crippen molar-refractivity contribution in [2.24, 2.45) is 0 Å². The van der Waals surface area contributed by atoms with Gasteiger partial charge in [0.15, 0.2) is 0 Å². The normalized spacial score (nSPS) is 22.2. The quantitative estimate of drug-likeness (QED) is 0.882. The summed E-state index contributed by atoms with van der Waals surface area (Å²) in [5.41, 5.74) is -0.431. The average molecular weight is 294 g/mol. The van der Waals surface area contributed by atoms with E-state index in [1.807, 2.05) is 17.5 Å². The van der Waals surface area contributed by atoms with Crippen LogP contribution in [0.1, 0.15) is 19.1 Å². The number of aromatic nitrogens is 2. The van der Waals surface area contributed by atoms with Gasteiger partial charge >= 0.3 is 5.69 Å². The Bertz CT molecular complexity index is 704. The summed E-state index contributed by atoms with van der Waals surface area (Å²) in [6.07, 6.45) is 2.19. The summed E-state index contributed by atoms with van der Waals surface area (Å²) in [6.45, 7) is -0.0631. The fourth-order valence-corrected chi connectivity index (χ4v) is 3.07. The number of rotatable bonds is 3. The van der Waals surface area contributed by atoms with Crippen LogP contribution in [0.2, 0.25) is 0 Å². The van der Waals surface area contributed by atoms with E-state index >= 15 is 0 Å². The first kappa shape index (κ1) is 13.3. The number of hydrogen-bond donors (Lipinski definition) is 2. The summed E-state index contributed by atoms with van der Waals surface area (Å²) >= 11 is 1.44. The van der Waals surface area contributed by atoms with Crippen molar-refractivity contribution >= 4 is 11.3 Å². The molecule has 1 aliphatic rings. The Balaban J connectivity index is 2.02. The molecule has 0 spiro atoms. The molecule has 2 N–H and O–H groups in total. The van der Waals surface area contributed by atoms with Gasteiger partial charge in [0.25, 0.3) is 5.56 Å². The topological polar surface area (TPSA) is 84.3 Å². The SMILES string of the molecule is O=c1[nH]c(=O)n([C@@H]2CC[C@H](CO)O2)cc1-c1cccs1. The van der Waals surface area contributed by atoms with Gasteiger partial charge in [-0.15, -0.1) is 11.3 Å². The van der Waals surface area contributed by atoms with Gasteiger partial charge in [-0.2, -0.15) is 0 Å². The zero-order valence-corrected chi connectivity index (χ0v) is 11.4. The van der Waals surface area contributed by atoms with Crippen molar-refractivity contribution < 1.29 is 9.84 Å². The fraction of sp³-hybridized carbons (Fsp3) is 0.385. The van der Waals surface area contributed by atoms with Crippen molar-refractivity contribution in [3.05, 3.63) is 44.5 Å². The highest BCUT2D eigenvalue weighted by atomic mass is 32.1. The largest absolute Gasteiger partial charge is 0.394 e. The highest BCUT2D eigenvalue weighted by Crippen LogP contribution is 2.28. The lowest BCUT2D eigenvalue weighted by Gasteiger charge is -2.15. The van der Waals surface area contributed by atoms with Gasteiger partial charge in [-0.05, 0) is 24.3 Å². The number of aliphatic hydroxyl groups is 1. The Labute approximate surface area is 118 Å². The van der Waals surface area contributed by atoms with Gasteiger partial charge < -0.3 is 9.84 Å². The maximum Gasteiger partial charge on any atom is 0.330 e. The number of H-pyrrole nitrogens is 1. The lowest BCUT2D eigenvalue weighted by atomic mass is 10.2. The minimum absolute atomic E-state index is 0.0631. The van der Waals surface area contributed by atoms with E-state index in [-0.39, 0.29) is 12.7 Å². The molecule has 6 nitrogen and oxygen atoms in total.